The van der Waals surface area contributed by atoms with Gasteiger partial charge in [0.15, 0.2) is 11.6 Å². The van der Waals surface area contributed by atoms with Gasteiger partial charge in [-0.1, -0.05) is 158 Å². The average molecular weight is 768 g/mol. The van der Waals surface area contributed by atoms with E-state index in [4.69, 9.17) is 24.9 Å². The van der Waals surface area contributed by atoms with Gasteiger partial charge in [-0.05, 0) is 74.8 Å². The molecule has 0 spiro atoms. The zero-order chi connectivity index (χ0) is 39.6. The van der Waals surface area contributed by atoms with Crippen molar-refractivity contribution in [2.45, 2.75) is 0 Å². The second-order valence-electron chi connectivity index (χ2n) is 14.9. The first-order valence-electron chi connectivity index (χ1n) is 20.0. The molecule has 9 aromatic carbocycles. The molecule has 3 aromatic heterocycles. The Labute approximate surface area is 344 Å². The van der Waals surface area contributed by atoms with E-state index in [-0.39, 0.29) is 0 Å². The van der Waals surface area contributed by atoms with Crippen molar-refractivity contribution in [3.8, 4) is 57.2 Å². The lowest BCUT2D eigenvalue weighted by molar-refractivity contribution is 0.930. The summed E-state index contributed by atoms with van der Waals surface area (Å²) in [7, 11) is 0. The first-order chi connectivity index (χ1) is 29.8. The predicted molar refractivity (Wildman–Crippen MR) is 243 cm³/mol. The van der Waals surface area contributed by atoms with E-state index in [1.54, 1.807) is 0 Å². The normalized spacial score (nSPS) is 11.7. The molecule has 3 heterocycles. The fourth-order valence-electron chi connectivity index (χ4n) is 8.67. The summed E-state index contributed by atoms with van der Waals surface area (Å²) in [6.07, 6.45) is 0. The second kappa shape index (κ2) is 13.7. The van der Waals surface area contributed by atoms with Crippen LogP contribution in [0.5, 0.6) is 0 Å². The Morgan fingerprint density at radius 1 is 0.317 bits per heavy atom. The van der Waals surface area contributed by atoms with Crippen molar-refractivity contribution in [2.24, 2.45) is 0 Å². The van der Waals surface area contributed by atoms with E-state index in [0.29, 0.717) is 17.6 Å². The number of para-hydroxylation sites is 4. The van der Waals surface area contributed by atoms with Crippen LogP contribution in [0.15, 0.2) is 200 Å². The molecule has 0 aliphatic carbocycles. The summed E-state index contributed by atoms with van der Waals surface area (Å²) >= 11 is 0. The van der Waals surface area contributed by atoms with Crippen molar-refractivity contribution >= 4 is 54.4 Å². The molecule has 0 bridgehead atoms. The van der Waals surface area contributed by atoms with E-state index >= 15 is 0 Å². The molecule has 0 unspecified atom stereocenters. The van der Waals surface area contributed by atoms with Gasteiger partial charge in [-0.25, -0.2) is 15.0 Å². The van der Waals surface area contributed by atoms with E-state index < -0.39 is 0 Å². The third-order valence-corrected chi connectivity index (χ3v) is 11.4. The third kappa shape index (κ3) is 5.41. The highest BCUT2D eigenvalue weighted by molar-refractivity contribution is 6.25. The van der Waals surface area contributed by atoms with Crippen LogP contribution >= 0.6 is 0 Å². The van der Waals surface area contributed by atoms with E-state index in [9.17, 15) is 0 Å². The highest BCUT2D eigenvalue weighted by Gasteiger charge is 2.23. The number of imidazole rings is 2. The van der Waals surface area contributed by atoms with Crippen molar-refractivity contribution in [1.29, 1.82) is 0 Å². The first-order valence-corrected chi connectivity index (χ1v) is 20.0. The molecule has 0 aliphatic rings. The van der Waals surface area contributed by atoms with Gasteiger partial charge in [0, 0.05) is 27.9 Å². The molecule has 0 atom stereocenters. The number of hydrogen-bond acceptors (Lipinski definition) is 5. The molecule has 0 saturated heterocycles. The standard InChI is InChI=1S/C53H33N7/c1-4-17-34(18-5-1)51-54-45-28-14-15-29-46(45)60(51)53-57-49(36-31-32-42-40-25-11-10-23-38(40)39-24-12-13-26-41(39)44(42)33-36)56-50(58-53)43-27-16-30-47-48(43)55-52(35-19-6-2-7-20-35)59(47)37-21-8-3-9-22-37/h1-33H. The molecule has 0 saturated carbocycles. The smallest absolute Gasteiger partial charge is 0.240 e. The summed E-state index contributed by atoms with van der Waals surface area (Å²) < 4.78 is 4.27. The Hall–Kier alpha value is -8.29. The van der Waals surface area contributed by atoms with Gasteiger partial charge in [-0.3, -0.25) is 9.13 Å². The highest BCUT2D eigenvalue weighted by Crippen LogP contribution is 2.39. The van der Waals surface area contributed by atoms with Crippen molar-refractivity contribution in [3.05, 3.63) is 200 Å². The Balaban J connectivity index is 1.16. The molecule has 0 amide bonds. The van der Waals surface area contributed by atoms with Crippen LogP contribution in [-0.4, -0.2) is 34.1 Å². The van der Waals surface area contributed by atoms with Crippen molar-refractivity contribution < 1.29 is 0 Å². The van der Waals surface area contributed by atoms with Gasteiger partial charge >= 0.3 is 0 Å². The third-order valence-electron chi connectivity index (χ3n) is 11.4. The van der Waals surface area contributed by atoms with Gasteiger partial charge in [0.1, 0.15) is 17.2 Å². The molecule has 0 radical (unpaired) electrons. The topological polar surface area (TPSA) is 74.3 Å². The lowest BCUT2D eigenvalue weighted by Gasteiger charge is -2.14. The zero-order valence-electron chi connectivity index (χ0n) is 32.2. The molecule has 7 nitrogen and oxygen atoms in total. The summed E-state index contributed by atoms with van der Waals surface area (Å²) in [5.41, 5.74) is 8.14. The number of benzene rings is 9. The zero-order valence-corrected chi connectivity index (χ0v) is 32.2. The lowest BCUT2D eigenvalue weighted by atomic mass is 9.93. The Morgan fingerprint density at radius 2 is 0.850 bits per heavy atom. The predicted octanol–water partition coefficient (Wildman–Crippen LogP) is 12.7. The minimum atomic E-state index is 0.466. The maximum atomic E-state index is 5.39. The molecular weight excluding hydrogens is 735 g/mol. The van der Waals surface area contributed by atoms with Gasteiger partial charge < -0.3 is 0 Å². The molecule has 60 heavy (non-hydrogen) atoms. The molecule has 12 aromatic rings. The summed E-state index contributed by atoms with van der Waals surface area (Å²) in [6.45, 7) is 0. The quantitative estimate of drug-likeness (QED) is 0.158. The van der Waals surface area contributed by atoms with E-state index in [0.717, 1.165) is 67.0 Å². The van der Waals surface area contributed by atoms with Gasteiger partial charge in [-0.15, -0.1) is 0 Å². The maximum Gasteiger partial charge on any atom is 0.240 e. The van der Waals surface area contributed by atoms with E-state index in [1.165, 1.54) is 26.9 Å². The fraction of sp³-hybridized carbons (Fsp3) is 0. The number of hydrogen-bond donors (Lipinski definition) is 0. The van der Waals surface area contributed by atoms with Crippen molar-refractivity contribution in [2.75, 3.05) is 0 Å². The number of nitrogens with zero attached hydrogens (tertiary/aromatic N) is 7. The molecule has 0 fully saturated rings. The van der Waals surface area contributed by atoms with Crippen molar-refractivity contribution in [1.82, 2.24) is 34.1 Å². The molecule has 7 heteroatoms. The minimum Gasteiger partial charge on any atom is -0.292 e. The SMILES string of the molecule is c1ccc(-c2nc3ccccc3n2-c2nc(-c3ccc4c5ccccc5c5ccccc5c4c3)nc(-c3cccc4c3nc(-c3ccccc3)n4-c3ccccc3)n2)cc1. The van der Waals surface area contributed by atoms with Gasteiger partial charge in [-0.2, -0.15) is 9.97 Å². The monoisotopic (exact) mass is 767 g/mol. The number of fused-ring (bicyclic) bond motifs is 8. The van der Waals surface area contributed by atoms with Crippen LogP contribution in [-0.2, 0) is 0 Å². The van der Waals surface area contributed by atoms with Crippen molar-refractivity contribution in [3.63, 3.8) is 0 Å². The second-order valence-corrected chi connectivity index (χ2v) is 14.9. The van der Waals surface area contributed by atoms with Gasteiger partial charge in [0.25, 0.3) is 0 Å². The van der Waals surface area contributed by atoms with Gasteiger partial charge in [0.2, 0.25) is 5.95 Å². The van der Waals surface area contributed by atoms with Crippen LogP contribution in [0.4, 0.5) is 0 Å². The van der Waals surface area contributed by atoms with E-state index in [1.807, 2.05) is 60.7 Å². The average Bonchev–Trinajstić information content (AvgIpc) is 3.92. The summed E-state index contributed by atoms with van der Waals surface area (Å²) in [4.78, 5) is 26.6. The highest BCUT2D eigenvalue weighted by atomic mass is 15.2. The first kappa shape index (κ1) is 33.8. The number of rotatable bonds is 6. The lowest BCUT2D eigenvalue weighted by Crippen LogP contribution is -2.08. The Morgan fingerprint density at radius 3 is 1.53 bits per heavy atom. The van der Waals surface area contributed by atoms with Crippen LogP contribution in [0.25, 0.3) is 112 Å². The van der Waals surface area contributed by atoms with Crippen LogP contribution in [0.1, 0.15) is 0 Å². The summed E-state index contributed by atoms with van der Waals surface area (Å²) in [5, 5.41) is 7.15. The molecule has 0 N–H and O–H groups in total. The minimum absolute atomic E-state index is 0.466. The molecular formula is C53H33N7. The van der Waals surface area contributed by atoms with Crippen LogP contribution < -0.4 is 0 Å². The van der Waals surface area contributed by atoms with Crippen LogP contribution in [0.2, 0.25) is 0 Å². The Kier molecular flexibility index (Phi) is 7.71. The van der Waals surface area contributed by atoms with Crippen LogP contribution in [0.3, 0.4) is 0 Å². The van der Waals surface area contributed by atoms with E-state index in [2.05, 4.69) is 149 Å². The largest absolute Gasteiger partial charge is 0.292 e. The van der Waals surface area contributed by atoms with Crippen LogP contribution in [0, 0.1) is 0 Å². The number of aromatic nitrogens is 7. The Bertz CT molecular complexity index is 3560. The van der Waals surface area contributed by atoms with Gasteiger partial charge in [0.05, 0.1) is 16.6 Å². The molecule has 12 rings (SSSR count). The summed E-state index contributed by atoms with van der Waals surface area (Å²) in [6, 6.07) is 69.1. The fourth-order valence-corrected chi connectivity index (χ4v) is 8.67. The molecule has 280 valence electrons. The summed E-state index contributed by atoms with van der Waals surface area (Å²) in [5.74, 6) is 3.11. The maximum absolute atomic E-state index is 5.39. The molecule has 0 aliphatic heterocycles.